The number of aliphatic imine (C=N–C) groups is 1. The summed E-state index contributed by atoms with van der Waals surface area (Å²) in [6.07, 6.45) is 1.83. The van der Waals surface area contributed by atoms with Gasteiger partial charge in [-0.05, 0) is 55.0 Å². The number of nitrogens with zero attached hydrogens (tertiary/aromatic N) is 2. The SMILES string of the molecule is CCn1c2ccccc2c2cc(C=Nc3ccccc3C(=O)Nc3ccccc3)ccc21. The third kappa shape index (κ3) is 3.67. The molecular weight excluding hydrogens is 394 g/mol. The topological polar surface area (TPSA) is 46.4 Å². The van der Waals surface area contributed by atoms with E-state index in [-0.39, 0.29) is 5.91 Å². The molecule has 0 bridgehead atoms. The lowest BCUT2D eigenvalue weighted by Crippen LogP contribution is -2.11. The Morgan fingerprint density at radius 2 is 1.56 bits per heavy atom. The van der Waals surface area contributed by atoms with Gasteiger partial charge in [-0.15, -0.1) is 0 Å². The first-order chi connectivity index (χ1) is 15.7. The van der Waals surface area contributed by atoms with Gasteiger partial charge in [-0.25, -0.2) is 0 Å². The molecule has 0 aliphatic carbocycles. The molecule has 5 rings (SSSR count). The van der Waals surface area contributed by atoms with Crippen LogP contribution in [0.25, 0.3) is 21.8 Å². The van der Waals surface area contributed by atoms with Gasteiger partial charge >= 0.3 is 0 Å². The number of amides is 1. The van der Waals surface area contributed by atoms with Gasteiger partial charge in [0.1, 0.15) is 0 Å². The average Bonchev–Trinajstić information content (AvgIpc) is 3.16. The summed E-state index contributed by atoms with van der Waals surface area (Å²) in [4.78, 5) is 17.5. The Labute approximate surface area is 186 Å². The average molecular weight is 418 g/mol. The molecule has 1 heterocycles. The zero-order valence-electron chi connectivity index (χ0n) is 17.8. The number of nitrogens with one attached hydrogen (secondary N) is 1. The van der Waals surface area contributed by atoms with Crippen molar-refractivity contribution in [3.05, 3.63) is 108 Å². The van der Waals surface area contributed by atoms with Crippen LogP contribution in [0.4, 0.5) is 11.4 Å². The highest BCUT2D eigenvalue weighted by Gasteiger charge is 2.11. The summed E-state index contributed by atoms with van der Waals surface area (Å²) in [5, 5.41) is 5.38. The van der Waals surface area contributed by atoms with Crippen molar-refractivity contribution >= 4 is 45.3 Å². The molecule has 4 aromatic carbocycles. The van der Waals surface area contributed by atoms with Crippen LogP contribution >= 0.6 is 0 Å². The zero-order valence-corrected chi connectivity index (χ0v) is 17.8. The van der Waals surface area contributed by atoms with Gasteiger partial charge in [0.2, 0.25) is 0 Å². The monoisotopic (exact) mass is 417 g/mol. The van der Waals surface area contributed by atoms with Crippen molar-refractivity contribution in [3.63, 3.8) is 0 Å². The minimum Gasteiger partial charge on any atom is -0.341 e. The number of anilines is 1. The van der Waals surface area contributed by atoms with Crippen LogP contribution in [0.5, 0.6) is 0 Å². The number of aromatic nitrogens is 1. The number of para-hydroxylation sites is 3. The summed E-state index contributed by atoms with van der Waals surface area (Å²) in [5.74, 6) is -0.176. The molecular formula is C28H23N3O. The predicted octanol–water partition coefficient (Wildman–Crippen LogP) is 6.82. The Morgan fingerprint density at radius 1 is 0.844 bits per heavy atom. The lowest BCUT2D eigenvalue weighted by molar-refractivity contribution is 0.102. The Balaban J connectivity index is 1.48. The van der Waals surface area contributed by atoms with E-state index in [4.69, 9.17) is 0 Å². The molecule has 156 valence electrons. The van der Waals surface area contributed by atoms with Crippen molar-refractivity contribution in [2.75, 3.05) is 5.32 Å². The highest BCUT2D eigenvalue weighted by molar-refractivity contribution is 6.10. The predicted molar refractivity (Wildman–Crippen MR) is 133 cm³/mol. The zero-order chi connectivity index (χ0) is 21.9. The third-order valence-corrected chi connectivity index (χ3v) is 5.65. The van der Waals surface area contributed by atoms with Crippen LogP contribution < -0.4 is 5.32 Å². The van der Waals surface area contributed by atoms with Gasteiger partial charge in [-0.3, -0.25) is 9.79 Å². The minimum atomic E-state index is -0.176. The molecule has 4 nitrogen and oxygen atoms in total. The first-order valence-corrected chi connectivity index (χ1v) is 10.7. The lowest BCUT2D eigenvalue weighted by Gasteiger charge is -2.07. The van der Waals surface area contributed by atoms with E-state index in [0.717, 1.165) is 17.8 Å². The van der Waals surface area contributed by atoms with E-state index in [0.29, 0.717) is 11.3 Å². The van der Waals surface area contributed by atoms with Crippen LogP contribution in [0.1, 0.15) is 22.8 Å². The van der Waals surface area contributed by atoms with E-state index in [2.05, 4.69) is 64.3 Å². The van der Waals surface area contributed by atoms with Gasteiger partial charge in [0.25, 0.3) is 5.91 Å². The molecule has 0 spiro atoms. The summed E-state index contributed by atoms with van der Waals surface area (Å²) in [7, 11) is 0. The van der Waals surface area contributed by atoms with Crippen molar-refractivity contribution in [2.45, 2.75) is 13.5 Å². The molecule has 1 amide bonds. The fraction of sp³-hybridized carbons (Fsp3) is 0.0714. The fourth-order valence-corrected chi connectivity index (χ4v) is 4.13. The van der Waals surface area contributed by atoms with Crippen LogP contribution in [0.2, 0.25) is 0 Å². The maximum Gasteiger partial charge on any atom is 0.257 e. The Morgan fingerprint density at radius 3 is 2.41 bits per heavy atom. The van der Waals surface area contributed by atoms with Gasteiger partial charge < -0.3 is 9.88 Å². The molecule has 0 saturated heterocycles. The molecule has 1 aromatic heterocycles. The maximum atomic E-state index is 12.8. The molecule has 32 heavy (non-hydrogen) atoms. The molecule has 0 saturated carbocycles. The lowest BCUT2D eigenvalue weighted by atomic mass is 10.1. The molecule has 1 N–H and O–H groups in total. The van der Waals surface area contributed by atoms with Crippen LogP contribution in [-0.4, -0.2) is 16.7 Å². The number of benzene rings is 4. The van der Waals surface area contributed by atoms with E-state index >= 15 is 0 Å². The second-order valence-corrected chi connectivity index (χ2v) is 7.63. The highest BCUT2D eigenvalue weighted by Crippen LogP contribution is 2.29. The van der Waals surface area contributed by atoms with Gasteiger partial charge in [-0.1, -0.05) is 54.6 Å². The number of aryl methyl sites for hydroxylation is 1. The van der Waals surface area contributed by atoms with E-state index in [9.17, 15) is 4.79 Å². The van der Waals surface area contributed by atoms with Gasteiger partial charge in [0.15, 0.2) is 0 Å². The third-order valence-electron chi connectivity index (χ3n) is 5.65. The first kappa shape index (κ1) is 19.8. The molecule has 4 heteroatoms. The Kier molecular flexibility index (Phi) is 5.26. The van der Waals surface area contributed by atoms with Gasteiger partial charge in [-0.2, -0.15) is 0 Å². The molecule has 0 unspecified atom stereocenters. The highest BCUT2D eigenvalue weighted by atomic mass is 16.1. The molecule has 0 radical (unpaired) electrons. The Hall–Kier alpha value is -4.18. The molecule has 5 aromatic rings. The second kappa shape index (κ2) is 8.52. The number of hydrogen-bond acceptors (Lipinski definition) is 2. The van der Waals surface area contributed by atoms with Crippen LogP contribution in [0, 0.1) is 0 Å². The molecule has 0 aliphatic heterocycles. The number of rotatable bonds is 5. The quantitative estimate of drug-likeness (QED) is 0.313. The van der Waals surface area contributed by atoms with Crippen molar-refractivity contribution in [2.24, 2.45) is 4.99 Å². The summed E-state index contributed by atoms with van der Waals surface area (Å²) in [6, 6.07) is 31.7. The van der Waals surface area contributed by atoms with Crippen LogP contribution in [0.15, 0.2) is 102 Å². The van der Waals surface area contributed by atoms with E-state index < -0.39 is 0 Å². The molecule has 0 atom stereocenters. The summed E-state index contributed by atoms with van der Waals surface area (Å²) in [6.45, 7) is 3.08. The van der Waals surface area contributed by atoms with Crippen molar-refractivity contribution < 1.29 is 4.79 Å². The van der Waals surface area contributed by atoms with E-state index in [1.54, 1.807) is 6.07 Å². The van der Waals surface area contributed by atoms with Crippen molar-refractivity contribution in [1.29, 1.82) is 0 Å². The summed E-state index contributed by atoms with van der Waals surface area (Å²) < 4.78 is 2.33. The number of carbonyl (C=O) groups is 1. The van der Waals surface area contributed by atoms with Gasteiger partial charge in [0.05, 0.1) is 11.3 Å². The second-order valence-electron chi connectivity index (χ2n) is 7.63. The van der Waals surface area contributed by atoms with Crippen molar-refractivity contribution in [1.82, 2.24) is 4.57 Å². The number of hydrogen-bond donors (Lipinski definition) is 1. The maximum absolute atomic E-state index is 12.8. The fourth-order valence-electron chi connectivity index (χ4n) is 4.13. The van der Waals surface area contributed by atoms with Gasteiger partial charge in [0, 0.05) is 40.3 Å². The normalized spacial score (nSPS) is 11.4. The Bertz CT molecular complexity index is 1450. The summed E-state index contributed by atoms with van der Waals surface area (Å²) in [5.41, 5.74) is 5.38. The molecule has 0 fully saturated rings. The minimum absolute atomic E-state index is 0.176. The van der Waals surface area contributed by atoms with E-state index in [1.807, 2.05) is 54.7 Å². The summed E-state index contributed by atoms with van der Waals surface area (Å²) >= 11 is 0. The largest absolute Gasteiger partial charge is 0.341 e. The first-order valence-electron chi connectivity index (χ1n) is 10.7. The molecule has 0 aliphatic rings. The van der Waals surface area contributed by atoms with Crippen LogP contribution in [0.3, 0.4) is 0 Å². The number of fused-ring (bicyclic) bond motifs is 3. The van der Waals surface area contributed by atoms with Crippen LogP contribution in [-0.2, 0) is 6.54 Å². The van der Waals surface area contributed by atoms with Crippen molar-refractivity contribution in [3.8, 4) is 0 Å². The standard InChI is InChI=1S/C28H23N3O/c1-2-31-26-15-9-7-12-22(26)24-18-20(16-17-27(24)31)19-29-25-14-8-6-13-23(25)28(32)30-21-10-4-3-5-11-21/h3-19H,2H2,1H3,(H,30,32). The number of carbonyl (C=O) groups excluding carboxylic acids is 1. The van der Waals surface area contributed by atoms with E-state index in [1.165, 1.54) is 21.8 Å². The smallest absolute Gasteiger partial charge is 0.257 e.